The number of rotatable bonds is 0. The van der Waals surface area contributed by atoms with E-state index in [0.717, 1.165) is 18.5 Å². The molecule has 0 fully saturated rings. The van der Waals surface area contributed by atoms with Crippen LogP contribution in [0.2, 0.25) is 0 Å². The standard InChI is InChI=1S/C14H12N.Ir/c1-10-8-12-7-6-11-4-2-3-5-13(11)14(12)15-9-10;/h2-4,8-9H,6-7H2,1H3;/q-1;. The Labute approximate surface area is 109 Å². The molecule has 0 saturated heterocycles. The van der Waals surface area contributed by atoms with Crippen LogP contribution in [0.3, 0.4) is 0 Å². The van der Waals surface area contributed by atoms with Gasteiger partial charge in [-0.05, 0) is 24.6 Å². The second-order valence-electron chi connectivity index (χ2n) is 4.09. The van der Waals surface area contributed by atoms with Gasteiger partial charge in [0.05, 0.1) is 0 Å². The molecule has 0 aliphatic heterocycles. The van der Waals surface area contributed by atoms with Crippen LogP contribution in [0, 0.1) is 13.0 Å². The van der Waals surface area contributed by atoms with Crippen molar-refractivity contribution in [3.05, 3.63) is 53.2 Å². The zero-order chi connectivity index (χ0) is 10.3. The summed E-state index contributed by atoms with van der Waals surface area (Å²) in [5, 5.41) is 0. The summed E-state index contributed by atoms with van der Waals surface area (Å²) in [4.78, 5) is 4.53. The topological polar surface area (TPSA) is 12.9 Å². The zero-order valence-corrected chi connectivity index (χ0v) is 11.5. The fraction of sp³-hybridized carbons (Fsp3) is 0.214. The zero-order valence-electron chi connectivity index (χ0n) is 9.08. The smallest absolute Gasteiger partial charge is 0.0190 e. The average Bonchev–Trinajstić information content (AvgIpc) is 2.28. The molecule has 2 heteroatoms. The van der Waals surface area contributed by atoms with Crippen molar-refractivity contribution in [1.29, 1.82) is 0 Å². The van der Waals surface area contributed by atoms with E-state index in [1.807, 2.05) is 12.3 Å². The van der Waals surface area contributed by atoms with E-state index in [4.69, 9.17) is 0 Å². The first kappa shape index (κ1) is 11.5. The second kappa shape index (κ2) is 4.48. The molecule has 0 bridgehead atoms. The van der Waals surface area contributed by atoms with Crippen molar-refractivity contribution < 1.29 is 20.1 Å². The molecule has 1 radical (unpaired) electrons. The molecule has 0 amide bonds. The van der Waals surface area contributed by atoms with Crippen LogP contribution in [-0.2, 0) is 32.9 Å². The number of aryl methyl sites for hydroxylation is 3. The number of pyridine rings is 1. The van der Waals surface area contributed by atoms with Crippen LogP contribution in [0.4, 0.5) is 0 Å². The maximum Gasteiger partial charge on any atom is 0.0190 e. The van der Waals surface area contributed by atoms with Crippen LogP contribution in [-0.4, -0.2) is 4.98 Å². The first-order valence-corrected chi connectivity index (χ1v) is 5.30. The van der Waals surface area contributed by atoms with Gasteiger partial charge in [0.1, 0.15) is 0 Å². The Morgan fingerprint density at radius 3 is 2.94 bits per heavy atom. The van der Waals surface area contributed by atoms with Crippen LogP contribution in [0.5, 0.6) is 0 Å². The fourth-order valence-electron chi connectivity index (χ4n) is 2.22. The molecule has 83 valence electrons. The molecule has 0 unspecified atom stereocenters. The Balaban J connectivity index is 0.000000963. The summed E-state index contributed by atoms with van der Waals surface area (Å²) in [7, 11) is 0. The van der Waals surface area contributed by atoms with Gasteiger partial charge in [0.25, 0.3) is 0 Å². The Hall–Kier alpha value is -0.981. The van der Waals surface area contributed by atoms with Crippen molar-refractivity contribution in [1.82, 2.24) is 4.98 Å². The molecule has 0 atom stereocenters. The minimum atomic E-state index is 0. The molecule has 0 saturated carbocycles. The second-order valence-corrected chi connectivity index (χ2v) is 4.09. The van der Waals surface area contributed by atoms with Crippen LogP contribution < -0.4 is 0 Å². The van der Waals surface area contributed by atoms with Crippen LogP contribution in [0.15, 0.2) is 30.5 Å². The van der Waals surface area contributed by atoms with Crippen molar-refractivity contribution in [2.24, 2.45) is 0 Å². The third-order valence-corrected chi connectivity index (χ3v) is 2.95. The van der Waals surface area contributed by atoms with Gasteiger partial charge in [-0.2, -0.15) is 0 Å². The molecule has 1 aliphatic carbocycles. The monoisotopic (exact) mass is 387 g/mol. The molecule has 2 aromatic rings. The Kier molecular flexibility index (Phi) is 3.22. The molecule has 1 heterocycles. The van der Waals surface area contributed by atoms with E-state index in [1.165, 1.54) is 22.3 Å². The summed E-state index contributed by atoms with van der Waals surface area (Å²) in [6.45, 7) is 2.09. The van der Waals surface area contributed by atoms with E-state index in [9.17, 15) is 0 Å². The van der Waals surface area contributed by atoms with E-state index in [1.54, 1.807) is 0 Å². The molecular weight excluding hydrogens is 374 g/mol. The molecule has 1 aromatic heterocycles. The third kappa shape index (κ3) is 1.83. The molecule has 1 aromatic carbocycles. The quantitative estimate of drug-likeness (QED) is 0.635. The summed E-state index contributed by atoms with van der Waals surface area (Å²) in [5.41, 5.74) is 6.31. The molecular formula is C14H12IrN-. The fourth-order valence-corrected chi connectivity index (χ4v) is 2.22. The normalized spacial score (nSPS) is 12.3. The van der Waals surface area contributed by atoms with Gasteiger partial charge in [-0.15, -0.1) is 35.4 Å². The summed E-state index contributed by atoms with van der Waals surface area (Å²) < 4.78 is 0. The van der Waals surface area contributed by atoms with Crippen molar-refractivity contribution >= 4 is 0 Å². The predicted octanol–water partition coefficient (Wildman–Crippen LogP) is 2.95. The van der Waals surface area contributed by atoms with Gasteiger partial charge in [0, 0.05) is 26.3 Å². The van der Waals surface area contributed by atoms with Gasteiger partial charge in [0.15, 0.2) is 0 Å². The molecule has 0 spiro atoms. The van der Waals surface area contributed by atoms with E-state index in [0.29, 0.717) is 0 Å². The number of fused-ring (bicyclic) bond motifs is 3. The minimum Gasteiger partial charge on any atom is -0.304 e. The number of aromatic nitrogens is 1. The van der Waals surface area contributed by atoms with Gasteiger partial charge >= 0.3 is 0 Å². The maximum absolute atomic E-state index is 4.53. The van der Waals surface area contributed by atoms with Crippen molar-refractivity contribution in [2.75, 3.05) is 0 Å². The van der Waals surface area contributed by atoms with Gasteiger partial charge in [-0.1, -0.05) is 18.1 Å². The molecule has 16 heavy (non-hydrogen) atoms. The van der Waals surface area contributed by atoms with Crippen molar-refractivity contribution in [3.8, 4) is 11.3 Å². The predicted molar refractivity (Wildman–Crippen MR) is 60.7 cm³/mol. The van der Waals surface area contributed by atoms with Gasteiger partial charge in [0.2, 0.25) is 0 Å². The first-order valence-electron chi connectivity index (χ1n) is 5.30. The van der Waals surface area contributed by atoms with Gasteiger partial charge in [-0.25, -0.2) is 0 Å². The van der Waals surface area contributed by atoms with Crippen molar-refractivity contribution in [3.63, 3.8) is 0 Å². The number of benzene rings is 1. The molecule has 0 N–H and O–H groups in total. The third-order valence-electron chi connectivity index (χ3n) is 2.95. The van der Waals surface area contributed by atoms with E-state index in [-0.39, 0.29) is 20.1 Å². The summed E-state index contributed by atoms with van der Waals surface area (Å²) in [6, 6.07) is 11.7. The molecule has 3 rings (SSSR count). The first-order chi connectivity index (χ1) is 7.34. The SMILES string of the molecule is Cc1cnc2c(c1)CCc1ccc[c-]c1-2.[Ir]. The largest absolute Gasteiger partial charge is 0.304 e. The van der Waals surface area contributed by atoms with E-state index >= 15 is 0 Å². The summed E-state index contributed by atoms with van der Waals surface area (Å²) in [5.74, 6) is 0. The van der Waals surface area contributed by atoms with Crippen LogP contribution in [0.25, 0.3) is 11.3 Å². The maximum atomic E-state index is 4.53. The molecule has 1 aliphatic rings. The van der Waals surface area contributed by atoms with E-state index in [2.05, 4.69) is 36.2 Å². The van der Waals surface area contributed by atoms with E-state index < -0.39 is 0 Å². The minimum absolute atomic E-state index is 0. The summed E-state index contributed by atoms with van der Waals surface area (Å²) >= 11 is 0. The van der Waals surface area contributed by atoms with Crippen LogP contribution in [0.1, 0.15) is 16.7 Å². The Bertz CT molecular complexity index is 520. The van der Waals surface area contributed by atoms with Gasteiger partial charge in [-0.3, -0.25) is 0 Å². The number of nitrogens with zero attached hydrogens (tertiary/aromatic N) is 1. The average molecular weight is 386 g/mol. The van der Waals surface area contributed by atoms with Crippen LogP contribution >= 0.6 is 0 Å². The Morgan fingerprint density at radius 2 is 2.06 bits per heavy atom. The number of hydrogen-bond donors (Lipinski definition) is 0. The van der Waals surface area contributed by atoms with Gasteiger partial charge < -0.3 is 4.98 Å². The molecule has 1 nitrogen and oxygen atoms in total. The van der Waals surface area contributed by atoms with Crippen molar-refractivity contribution in [2.45, 2.75) is 19.8 Å². The Morgan fingerprint density at radius 1 is 1.25 bits per heavy atom. The summed E-state index contributed by atoms with van der Waals surface area (Å²) in [6.07, 6.45) is 4.16. The number of hydrogen-bond acceptors (Lipinski definition) is 1.